The summed E-state index contributed by atoms with van der Waals surface area (Å²) in [5.41, 5.74) is 0.943. The number of ether oxygens (including phenoxy) is 1. The van der Waals surface area contributed by atoms with Gasteiger partial charge in [0.1, 0.15) is 17.8 Å². The molecule has 1 N–H and O–H groups in total. The lowest BCUT2D eigenvalue weighted by molar-refractivity contribution is -0.116. The Morgan fingerprint density at radius 3 is 2.67 bits per heavy atom. The number of nitrogens with one attached hydrogen (secondary N) is 1. The molecule has 11 heteroatoms. The van der Waals surface area contributed by atoms with Crippen molar-refractivity contribution in [2.45, 2.75) is 25.9 Å². The SMILES string of the molecule is CCOc1ccc(NC(=O)Cn2c(=O)ncc3c2cnn3C2CCS(=O)(=O)C2)cc1. The molecular weight excluding hydrogens is 410 g/mol. The molecule has 3 aromatic rings. The van der Waals surface area contributed by atoms with E-state index in [1.54, 1.807) is 28.9 Å². The summed E-state index contributed by atoms with van der Waals surface area (Å²) in [6.45, 7) is 2.19. The van der Waals surface area contributed by atoms with E-state index in [0.717, 1.165) is 0 Å². The maximum absolute atomic E-state index is 12.5. The molecular formula is C19H21N5O5S. The number of hydrogen-bond donors (Lipinski definition) is 1. The third-order valence-electron chi connectivity index (χ3n) is 4.94. The standard InChI is InChI=1S/C19H21N5O5S/c1-2-29-15-5-3-13(4-6-15)22-18(25)11-23-16-10-21-24(17(16)9-20-19(23)26)14-7-8-30(27,28)12-14/h3-6,9-10,14H,2,7-8,11-12H2,1H3,(H,22,25). The van der Waals surface area contributed by atoms with Crippen LogP contribution in [0.25, 0.3) is 11.0 Å². The summed E-state index contributed by atoms with van der Waals surface area (Å²) in [5, 5.41) is 7.01. The number of benzene rings is 1. The highest BCUT2D eigenvalue weighted by molar-refractivity contribution is 7.91. The minimum absolute atomic E-state index is 0.00112. The maximum Gasteiger partial charge on any atom is 0.348 e. The first kappa shape index (κ1) is 20.1. The molecule has 1 aromatic carbocycles. The molecule has 0 radical (unpaired) electrons. The maximum atomic E-state index is 12.5. The van der Waals surface area contributed by atoms with E-state index in [4.69, 9.17) is 4.74 Å². The molecule has 1 fully saturated rings. The summed E-state index contributed by atoms with van der Waals surface area (Å²) < 4.78 is 31.8. The van der Waals surface area contributed by atoms with Crippen LogP contribution in [0.3, 0.4) is 0 Å². The number of nitrogens with zero attached hydrogens (tertiary/aromatic N) is 4. The fourth-order valence-corrected chi connectivity index (χ4v) is 5.23. The Labute approximate surface area is 172 Å². The highest BCUT2D eigenvalue weighted by Gasteiger charge is 2.31. The van der Waals surface area contributed by atoms with E-state index in [0.29, 0.717) is 35.5 Å². The number of sulfone groups is 1. The van der Waals surface area contributed by atoms with E-state index in [2.05, 4.69) is 15.4 Å². The molecule has 3 heterocycles. The zero-order valence-electron chi connectivity index (χ0n) is 16.3. The summed E-state index contributed by atoms with van der Waals surface area (Å²) in [4.78, 5) is 28.6. The zero-order valence-corrected chi connectivity index (χ0v) is 17.1. The van der Waals surface area contributed by atoms with Gasteiger partial charge in [0.05, 0.1) is 42.1 Å². The number of rotatable bonds is 6. The Bertz CT molecular complexity index is 1250. The number of carbonyl (C=O) groups excluding carboxylic acids is 1. The number of aromatic nitrogens is 4. The van der Waals surface area contributed by atoms with Crippen LogP contribution in [-0.4, -0.2) is 51.8 Å². The number of hydrogen-bond acceptors (Lipinski definition) is 7. The lowest BCUT2D eigenvalue weighted by Crippen LogP contribution is -2.29. The van der Waals surface area contributed by atoms with Crippen molar-refractivity contribution in [2.75, 3.05) is 23.4 Å². The minimum Gasteiger partial charge on any atom is -0.494 e. The van der Waals surface area contributed by atoms with Crippen molar-refractivity contribution >= 4 is 32.5 Å². The summed E-state index contributed by atoms with van der Waals surface area (Å²) in [7, 11) is -3.09. The Morgan fingerprint density at radius 2 is 2.00 bits per heavy atom. The fraction of sp³-hybridized carbons (Fsp3) is 0.368. The van der Waals surface area contributed by atoms with E-state index >= 15 is 0 Å². The van der Waals surface area contributed by atoms with Crippen molar-refractivity contribution in [3.8, 4) is 5.75 Å². The van der Waals surface area contributed by atoms with Crippen LogP contribution in [0.4, 0.5) is 5.69 Å². The van der Waals surface area contributed by atoms with Gasteiger partial charge in [0, 0.05) is 5.69 Å². The summed E-state index contributed by atoms with van der Waals surface area (Å²) in [6, 6.07) is 6.60. The molecule has 1 aliphatic rings. The van der Waals surface area contributed by atoms with E-state index in [1.165, 1.54) is 17.0 Å². The number of carbonyl (C=O) groups is 1. The first-order valence-corrected chi connectivity index (χ1v) is 11.3. The van der Waals surface area contributed by atoms with Gasteiger partial charge >= 0.3 is 5.69 Å². The Balaban J connectivity index is 1.56. The number of anilines is 1. The van der Waals surface area contributed by atoms with Crippen LogP contribution in [0.15, 0.2) is 41.5 Å². The van der Waals surface area contributed by atoms with Crippen LogP contribution in [0.5, 0.6) is 5.75 Å². The number of amides is 1. The Morgan fingerprint density at radius 1 is 1.23 bits per heavy atom. The molecule has 0 aliphatic carbocycles. The Kier molecular flexibility index (Phi) is 5.29. The molecule has 1 aliphatic heterocycles. The highest BCUT2D eigenvalue weighted by atomic mass is 32.2. The topological polar surface area (TPSA) is 125 Å². The molecule has 2 aromatic heterocycles. The molecule has 0 saturated carbocycles. The largest absolute Gasteiger partial charge is 0.494 e. The van der Waals surface area contributed by atoms with E-state index in [-0.39, 0.29) is 24.1 Å². The normalized spacial score (nSPS) is 17.8. The minimum atomic E-state index is -3.09. The second kappa shape index (κ2) is 7.90. The third-order valence-corrected chi connectivity index (χ3v) is 6.69. The van der Waals surface area contributed by atoms with Crippen LogP contribution in [0.2, 0.25) is 0 Å². The molecule has 158 valence electrons. The first-order chi connectivity index (χ1) is 14.4. The summed E-state index contributed by atoms with van der Waals surface area (Å²) in [5.74, 6) is 0.409. The van der Waals surface area contributed by atoms with Gasteiger partial charge in [-0.25, -0.2) is 13.2 Å². The Hall–Kier alpha value is -3.21. The van der Waals surface area contributed by atoms with Crippen molar-refractivity contribution in [3.05, 3.63) is 47.1 Å². The lowest BCUT2D eigenvalue weighted by atomic mass is 10.2. The van der Waals surface area contributed by atoms with Crippen LogP contribution in [-0.2, 0) is 21.2 Å². The second-order valence-corrected chi connectivity index (χ2v) is 9.28. The van der Waals surface area contributed by atoms with E-state index in [1.807, 2.05) is 6.92 Å². The van der Waals surface area contributed by atoms with Crippen molar-refractivity contribution in [3.63, 3.8) is 0 Å². The zero-order chi connectivity index (χ0) is 21.3. The van der Waals surface area contributed by atoms with Crippen LogP contribution >= 0.6 is 0 Å². The van der Waals surface area contributed by atoms with Crippen LogP contribution in [0.1, 0.15) is 19.4 Å². The molecule has 1 amide bonds. The van der Waals surface area contributed by atoms with E-state index in [9.17, 15) is 18.0 Å². The van der Waals surface area contributed by atoms with Gasteiger partial charge in [0.25, 0.3) is 0 Å². The van der Waals surface area contributed by atoms with E-state index < -0.39 is 21.4 Å². The second-order valence-electron chi connectivity index (χ2n) is 7.05. The molecule has 10 nitrogen and oxygen atoms in total. The van der Waals surface area contributed by atoms with Crippen molar-refractivity contribution in [1.29, 1.82) is 0 Å². The molecule has 1 atom stereocenters. The molecule has 30 heavy (non-hydrogen) atoms. The predicted molar refractivity (Wildman–Crippen MR) is 110 cm³/mol. The van der Waals surface area contributed by atoms with Gasteiger partial charge < -0.3 is 10.1 Å². The number of fused-ring (bicyclic) bond motifs is 1. The molecule has 0 spiro atoms. The average molecular weight is 431 g/mol. The smallest absolute Gasteiger partial charge is 0.348 e. The third kappa shape index (κ3) is 4.06. The first-order valence-electron chi connectivity index (χ1n) is 9.52. The summed E-state index contributed by atoms with van der Waals surface area (Å²) >= 11 is 0. The van der Waals surface area contributed by atoms with Gasteiger partial charge in [-0.05, 0) is 37.6 Å². The van der Waals surface area contributed by atoms with Crippen molar-refractivity contribution < 1.29 is 17.9 Å². The van der Waals surface area contributed by atoms with Crippen LogP contribution < -0.4 is 15.7 Å². The van der Waals surface area contributed by atoms with Crippen LogP contribution in [0, 0.1) is 0 Å². The molecule has 1 unspecified atom stereocenters. The molecule has 0 bridgehead atoms. The van der Waals surface area contributed by atoms with Crippen molar-refractivity contribution in [2.24, 2.45) is 0 Å². The highest BCUT2D eigenvalue weighted by Crippen LogP contribution is 2.26. The quantitative estimate of drug-likeness (QED) is 0.617. The molecule has 4 rings (SSSR count). The molecule has 1 saturated heterocycles. The van der Waals surface area contributed by atoms with Gasteiger partial charge in [-0.2, -0.15) is 10.1 Å². The fourth-order valence-electron chi connectivity index (χ4n) is 3.54. The summed E-state index contributed by atoms with van der Waals surface area (Å²) in [6.07, 6.45) is 3.29. The van der Waals surface area contributed by atoms with Gasteiger partial charge in [-0.1, -0.05) is 0 Å². The van der Waals surface area contributed by atoms with Gasteiger partial charge in [0.2, 0.25) is 5.91 Å². The van der Waals surface area contributed by atoms with Gasteiger partial charge in [0.15, 0.2) is 9.84 Å². The van der Waals surface area contributed by atoms with Gasteiger partial charge in [-0.3, -0.25) is 14.0 Å². The lowest BCUT2D eigenvalue weighted by Gasteiger charge is -2.11. The average Bonchev–Trinajstić information content (AvgIpc) is 3.28. The van der Waals surface area contributed by atoms with Crippen molar-refractivity contribution in [1.82, 2.24) is 19.3 Å². The monoisotopic (exact) mass is 431 g/mol. The van der Waals surface area contributed by atoms with Gasteiger partial charge in [-0.15, -0.1) is 0 Å². The predicted octanol–water partition coefficient (Wildman–Crippen LogP) is 0.990.